The van der Waals surface area contributed by atoms with Crippen molar-refractivity contribution in [3.8, 4) is 0 Å². The van der Waals surface area contributed by atoms with Crippen LogP contribution in [0.5, 0.6) is 0 Å². The standard InChI is InChI=1S/C22H33N3OS/c1-14-11-25(12-15(2)26-14)13-19-18-10-20(27-21(18)24-16(3)23-19)17-6-8-22(4,5)9-7-17/h10,14-15,17H,6-9,11-13H2,1-5H3/t14-,15+. The molecule has 5 heteroatoms. The van der Waals surface area contributed by atoms with Gasteiger partial charge in [-0.3, -0.25) is 4.90 Å². The molecule has 1 saturated heterocycles. The minimum atomic E-state index is 0.288. The number of hydrogen-bond acceptors (Lipinski definition) is 5. The summed E-state index contributed by atoms with van der Waals surface area (Å²) >= 11 is 1.90. The Morgan fingerprint density at radius 1 is 1.15 bits per heavy atom. The Labute approximate surface area is 167 Å². The molecule has 0 amide bonds. The molecule has 0 radical (unpaired) electrons. The number of aryl methyl sites for hydroxylation is 1. The van der Waals surface area contributed by atoms with E-state index in [0.29, 0.717) is 11.3 Å². The fourth-order valence-corrected chi connectivity index (χ4v) is 6.02. The van der Waals surface area contributed by atoms with E-state index in [1.54, 1.807) is 0 Å². The molecule has 3 heterocycles. The second kappa shape index (κ2) is 7.41. The summed E-state index contributed by atoms with van der Waals surface area (Å²) in [5.41, 5.74) is 1.70. The summed E-state index contributed by atoms with van der Waals surface area (Å²) in [4.78, 5) is 14.8. The highest BCUT2D eigenvalue weighted by Crippen LogP contribution is 2.45. The summed E-state index contributed by atoms with van der Waals surface area (Å²) in [7, 11) is 0. The molecule has 1 aliphatic carbocycles. The van der Waals surface area contributed by atoms with E-state index >= 15 is 0 Å². The van der Waals surface area contributed by atoms with Gasteiger partial charge in [0.25, 0.3) is 0 Å². The van der Waals surface area contributed by atoms with E-state index in [2.05, 4.69) is 38.7 Å². The summed E-state index contributed by atoms with van der Waals surface area (Å²) in [6.07, 6.45) is 5.84. The monoisotopic (exact) mass is 387 g/mol. The first-order chi connectivity index (χ1) is 12.8. The third-order valence-electron chi connectivity index (χ3n) is 6.21. The Balaban J connectivity index is 1.59. The van der Waals surface area contributed by atoms with Crippen LogP contribution in [0.2, 0.25) is 0 Å². The van der Waals surface area contributed by atoms with Crippen molar-refractivity contribution in [2.24, 2.45) is 5.41 Å². The van der Waals surface area contributed by atoms with E-state index in [1.807, 2.05) is 18.3 Å². The molecule has 2 aromatic rings. The Morgan fingerprint density at radius 2 is 1.81 bits per heavy atom. The van der Waals surface area contributed by atoms with Gasteiger partial charge in [0.05, 0.1) is 17.9 Å². The largest absolute Gasteiger partial charge is 0.373 e. The fourth-order valence-electron chi connectivity index (χ4n) is 4.75. The molecule has 0 aromatic carbocycles. The van der Waals surface area contributed by atoms with E-state index in [-0.39, 0.29) is 12.2 Å². The number of aromatic nitrogens is 2. The van der Waals surface area contributed by atoms with Crippen LogP contribution < -0.4 is 0 Å². The van der Waals surface area contributed by atoms with Gasteiger partial charge < -0.3 is 4.74 Å². The molecule has 0 spiro atoms. The predicted molar refractivity (Wildman–Crippen MR) is 112 cm³/mol. The SMILES string of the molecule is Cc1nc(CN2C[C@@H](C)O[C@@H](C)C2)c2cc(C3CCC(C)(C)CC3)sc2n1. The number of ether oxygens (including phenoxy) is 1. The topological polar surface area (TPSA) is 38.2 Å². The third kappa shape index (κ3) is 4.36. The molecule has 2 aromatic heterocycles. The Kier molecular flexibility index (Phi) is 5.30. The number of hydrogen-bond donors (Lipinski definition) is 0. The van der Waals surface area contributed by atoms with Crippen LogP contribution >= 0.6 is 11.3 Å². The van der Waals surface area contributed by atoms with Crippen molar-refractivity contribution < 1.29 is 4.74 Å². The van der Waals surface area contributed by atoms with Crippen molar-refractivity contribution in [1.82, 2.24) is 14.9 Å². The van der Waals surface area contributed by atoms with Crippen molar-refractivity contribution in [2.45, 2.75) is 85.0 Å². The summed E-state index contributed by atoms with van der Waals surface area (Å²) in [6.45, 7) is 14.0. The summed E-state index contributed by atoms with van der Waals surface area (Å²) in [5.74, 6) is 1.60. The normalized spacial score (nSPS) is 27.3. The van der Waals surface area contributed by atoms with Crippen molar-refractivity contribution in [3.05, 3.63) is 22.5 Å². The first kappa shape index (κ1) is 19.3. The van der Waals surface area contributed by atoms with Gasteiger partial charge in [-0.1, -0.05) is 13.8 Å². The highest BCUT2D eigenvalue weighted by molar-refractivity contribution is 7.18. The zero-order valence-corrected chi connectivity index (χ0v) is 18.2. The summed E-state index contributed by atoms with van der Waals surface area (Å²) < 4.78 is 5.89. The number of nitrogens with zero attached hydrogens (tertiary/aromatic N) is 3. The van der Waals surface area contributed by atoms with E-state index in [0.717, 1.165) is 25.5 Å². The van der Waals surface area contributed by atoms with Crippen LogP contribution in [-0.4, -0.2) is 40.2 Å². The van der Waals surface area contributed by atoms with Crippen molar-refractivity contribution in [3.63, 3.8) is 0 Å². The second-order valence-electron chi connectivity index (χ2n) is 9.47. The zero-order chi connectivity index (χ0) is 19.2. The average Bonchev–Trinajstić information content (AvgIpc) is 2.97. The summed E-state index contributed by atoms with van der Waals surface area (Å²) in [6, 6.07) is 2.41. The molecular weight excluding hydrogens is 354 g/mol. The van der Waals surface area contributed by atoms with Gasteiger partial charge >= 0.3 is 0 Å². The molecule has 148 valence electrons. The van der Waals surface area contributed by atoms with Crippen LogP contribution in [0.25, 0.3) is 10.2 Å². The minimum absolute atomic E-state index is 0.288. The van der Waals surface area contributed by atoms with Gasteiger partial charge in [-0.2, -0.15) is 0 Å². The molecule has 0 unspecified atom stereocenters. The zero-order valence-electron chi connectivity index (χ0n) is 17.4. The molecular formula is C22H33N3OS. The van der Waals surface area contributed by atoms with Crippen LogP contribution in [-0.2, 0) is 11.3 Å². The van der Waals surface area contributed by atoms with Crippen molar-refractivity contribution in [2.75, 3.05) is 13.1 Å². The predicted octanol–water partition coefficient (Wildman–Crippen LogP) is 5.29. The van der Waals surface area contributed by atoms with Crippen LogP contribution in [0.1, 0.15) is 75.7 Å². The molecule has 0 N–H and O–H groups in total. The van der Waals surface area contributed by atoms with Gasteiger partial charge in [0.2, 0.25) is 0 Å². The van der Waals surface area contributed by atoms with Crippen LogP contribution in [0, 0.1) is 12.3 Å². The van der Waals surface area contributed by atoms with Crippen LogP contribution in [0.3, 0.4) is 0 Å². The number of morpholine rings is 1. The molecule has 27 heavy (non-hydrogen) atoms. The molecule has 4 nitrogen and oxygen atoms in total. The molecule has 2 atom stereocenters. The number of rotatable bonds is 3. The first-order valence-corrected chi connectivity index (χ1v) is 11.3. The Bertz CT molecular complexity index is 795. The fraction of sp³-hybridized carbons (Fsp3) is 0.727. The number of thiophene rings is 1. The molecule has 1 saturated carbocycles. The van der Waals surface area contributed by atoms with Gasteiger partial charge in [0.15, 0.2) is 0 Å². The highest BCUT2D eigenvalue weighted by atomic mass is 32.1. The third-order valence-corrected chi connectivity index (χ3v) is 7.40. The van der Waals surface area contributed by atoms with Crippen molar-refractivity contribution >= 4 is 21.6 Å². The van der Waals surface area contributed by atoms with Crippen LogP contribution in [0.15, 0.2) is 6.07 Å². The molecule has 4 rings (SSSR count). The van der Waals surface area contributed by atoms with E-state index in [4.69, 9.17) is 14.7 Å². The number of fused-ring (bicyclic) bond motifs is 1. The maximum Gasteiger partial charge on any atom is 0.127 e. The van der Waals surface area contributed by atoms with Gasteiger partial charge in [0.1, 0.15) is 10.7 Å². The van der Waals surface area contributed by atoms with E-state index in [1.165, 1.54) is 46.5 Å². The van der Waals surface area contributed by atoms with Gasteiger partial charge in [0, 0.05) is 29.9 Å². The lowest BCUT2D eigenvalue weighted by atomic mass is 9.73. The maximum absolute atomic E-state index is 5.89. The highest BCUT2D eigenvalue weighted by Gasteiger charge is 2.29. The van der Waals surface area contributed by atoms with E-state index in [9.17, 15) is 0 Å². The maximum atomic E-state index is 5.89. The molecule has 0 bridgehead atoms. The van der Waals surface area contributed by atoms with Crippen molar-refractivity contribution in [1.29, 1.82) is 0 Å². The lowest BCUT2D eigenvalue weighted by Crippen LogP contribution is -2.45. The molecule has 2 fully saturated rings. The molecule has 1 aliphatic heterocycles. The average molecular weight is 388 g/mol. The van der Waals surface area contributed by atoms with Gasteiger partial charge in [-0.25, -0.2) is 9.97 Å². The van der Waals surface area contributed by atoms with Gasteiger partial charge in [-0.15, -0.1) is 11.3 Å². The summed E-state index contributed by atoms with van der Waals surface area (Å²) in [5, 5.41) is 1.28. The van der Waals surface area contributed by atoms with E-state index < -0.39 is 0 Å². The molecule has 2 aliphatic rings. The minimum Gasteiger partial charge on any atom is -0.373 e. The van der Waals surface area contributed by atoms with Crippen LogP contribution in [0.4, 0.5) is 0 Å². The van der Waals surface area contributed by atoms with Gasteiger partial charge in [-0.05, 0) is 63.9 Å². The smallest absolute Gasteiger partial charge is 0.127 e. The second-order valence-corrected chi connectivity index (χ2v) is 10.5. The Morgan fingerprint density at radius 3 is 2.48 bits per heavy atom. The Hall–Kier alpha value is -1.04. The lowest BCUT2D eigenvalue weighted by Gasteiger charge is -2.35. The lowest BCUT2D eigenvalue weighted by molar-refractivity contribution is -0.0706. The first-order valence-electron chi connectivity index (χ1n) is 10.4. The quantitative estimate of drug-likeness (QED) is 0.717.